The Hall–Kier alpha value is -1.69. The van der Waals surface area contributed by atoms with Crippen LogP contribution < -0.4 is 10.6 Å². The summed E-state index contributed by atoms with van der Waals surface area (Å²) in [5.74, 6) is -1.86. The van der Waals surface area contributed by atoms with Crippen LogP contribution in [0.1, 0.15) is 24.8 Å². The highest BCUT2D eigenvalue weighted by Crippen LogP contribution is 2.33. The van der Waals surface area contributed by atoms with Crippen molar-refractivity contribution in [2.45, 2.75) is 25.3 Å². The zero-order valence-corrected chi connectivity index (χ0v) is 10.5. The van der Waals surface area contributed by atoms with Crippen molar-refractivity contribution in [1.29, 1.82) is 5.41 Å². The van der Waals surface area contributed by atoms with Gasteiger partial charge in [-0.2, -0.15) is 0 Å². The molecule has 1 aliphatic carbocycles. The number of nitrogens with zero attached hydrogens (tertiary/aromatic N) is 1. The lowest BCUT2D eigenvalue weighted by Gasteiger charge is -2.39. The van der Waals surface area contributed by atoms with Crippen molar-refractivity contribution in [2.24, 2.45) is 5.73 Å². The third-order valence-electron chi connectivity index (χ3n) is 3.47. The summed E-state index contributed by atoms with van der Waals surface area (Å²) in [6.45, 7) is 0.0295. The van der Waals surface area contributed by atoms with Gasteiger partial charge >= 0.3 is 0 Å². The van der Waals surface area contributed by atoms with Gasteiger partial charge in [0.1, 0.15) is 23.2 Å². The number of nitrogens with two attached hydrogens (primary N) is 1. The van der Waals surface area contributed by atoms with Crippen molar-refractivity contribution in [3.05, 3.63) is 29.3 Å². The standard InChI is InChI=1S/C13H17F2N3O/c14-10-6-8(13(16)17)7-11(15)12(10)18(4-5-19)9-2-1-3-9/h6-7,9,19H,1-5H2,(H3,16,17). The van der Waals surface area contributed by atoms with Gasteiger partial charge in [-0.15, -0.1) is 0 Å². The van der Waals surface area contributed by atoms with E-state index < -0.39 is 11.6 Å². The van der Waals surface area contributed by atoms with E-state index in [2.05, 4.69) is 0 Å². The summed E-state index contributed by atoms with van der Waals surface area (Å²) in [5.41, 5.74) is 5.12. The Morgan fingerprint density at radius 3 is 2.32 bits per heavy atom. The third-order valence-corrected chi connectivity index (χ3v) is 3.47. The Morgan fingerprint density at radius 2 is 1.95 bits per heavy atom. The van der Waals surface area contributed by atoms with Crippen molar-refractivity contribution in [1.82, 2.24) is 0 Å². The number of rotatable bonds is 5. The fourth-order valence-electron chi connectivity index (χ4n) is 2.28. The highest BCUT2D eigenvalue weighted by molar-refractivity contribution is 5.95. The van der Waals surface area contributed by atoms with Crippen molar-refractivity contribution >= 4 is 11.5 Å². The van der Waals surface area contributed by atoms with E-state index in [9.17, 15) is 8.78 Å². The average Bonchev–Trinajstić information content (AvgIpc) is 2.25. The summed E-state index contributed by atoms with van der Waals surface area (Å²) in [7, 11) is 0. The van der Waals surface area contributed by atoms with Gasteiger partial charge in [-0.25, -0.2) is 8.78 Å². The van der Waals surface area contributed by atoms with Crippen LogP contribution in [0.3, 0.4) is 0 Å². The first-order valence-electron chi connectivity index (χ1n) is 6.25. The smallest absolute Gasteiger partial charge is 0.150 e. The van der Waals surface area contributed by atoms with Gasteiger partial charge in [-0.05, 0) is 31.4 Å². The molecule has 1 fully saturated rings. The monoisotopic (exact) mass is 269 g/mol. The van der Waals surface area contributed by atoms with E-state index in [0.29, 0.717) is 0 Å². The molecule has 1 saturated carbocycles. The summed E-state index contributed by atoms with van der Waals surface area (Å²) < 4.78 is 28.1. The molecule has 6 heteroatoms. The number of benzene rings is 1. The maximum absolute atomic E-state index is 14.0. The van der Waals surface area contributed by atoms with Crippen LogP contribution in [-0.2, 0) is 0 Å². The molecule has 1 aliphatic rings. The van der Waals surface area contributed by atoms with Crippen molar-refractivity contribution in [3.63, 3.8) is 0 Å². The summed E-state index contributed by atoms with van der Waals surface area (Å²) in [6.07, 6.45) is 2.77. The Bertz CT molecular complexity index is 466. The van der Waals surface area contributed by atoms with E-state index in [1.807, 2.05) is 0 Å². The normalized spacial score (nSPS) is 15.1. The predicted octanol–water partition coefficient (Wildman–Crippen LogP) is 1.60. The summed E-state index contributed by atoms with van der Waals surface area (Å²) >= 11 is 0. The van der Waals surface area contributed by atoms with Crippen LogP contribution in [0.15, 0.2) is 12.1 Å². The van der Waals surface area contributed by atoms with Gasteiger partial charge in [0.15, 0.2) is 0 Å². The minimum atomic E-state index is -0.745. The molecule has 0 unspecified atom stereocenters. The molecule has 0 amide bonds. The number of anilines is 1. The number of hydrogen-bond donors (Lipinski definition) is 3. The van der Waals surface area contributed by atoms with Crippen LogP contribution in [0.25, 0.3) is 0 Å². The Balaban J connectivity index is 2.38. The van der Waals surface area contributed by atoms with Gasteiger partial charge in [0.25, 0.3) is 0 Å². The number of halogens is 2. The maximum atomic E-state index is 14.0. The second-order valence-corrected chi connectivity index (χ2v) is 4.70. The Kier molecular flexibility index (Phi) is 3.99. The summed E-state index contributed by atoms with van der Waals surface area (Å²) in [6, 6.07) is 2.19. The molecule has 0 saturated heterocycles. The highest BCUT2D eigenvalue weighted by Gasteiger charge is 2.29. The van der Waals surface area contributed by atoms with E-state index in [0.717, 1.165) is 31.4 Å². The molecule has 0 radical (unpaired) electrons. The molecule has 1 aromatic carbocycles. The molecule has 0 spiro atoms. The SMILES string of the molecule is N=C(N)c1cc(F)c(N(CCO)C2CCC2)c(F)c1. The van der Waals surface area contributed by atoms with Crippen molar-refractivity contribution in [3.8, 4) is 0 Å². The van der Waals surface area contributed by atoms with E-state index in [-0.39, 0.29) is 36.3 Å². The lowest BCUT2D eigenvalue weighted by atomic mass is 9.91. The van der Waals surface area contributed by atoms with E-state index in [1.165, 1.54) is 0 Å². The fourth-order valence-corrected chi connectivity index (χ4v) is 2.28. The van der Waals surface area contributed by atoms with E-state index in [1.54, 1.807) is 4.90 Å². The van der Waals surface area contributed by atoms with Crippen molar-refractivity contribution < 1.29 is 13.9 Å². The Morgan fingerprint density at radius 1 is 1.37 bits per heavy atom. The van der Waals surface area contributed by atoms with Gasteiger partial charge in [0, 0.05) is 18.2 Å². The Labute approximate surface area is 110 Å². The van der Waals surface area contributed by atoms with Crippen molar-refractivity contribution in [2.75, 3.05) is 18.1 Å². The zero-order valence-electron chi connectivity index (χ0n) is 10.5. The zero-order chi connectivity index (χ0) is 14.0. The van der Waals surface area contributed by atoms with Crippen LogP contribution in [0.5, 0.6) is 0 Å². The first kappa shape index (κ1) is 13.7. The van der Waals surface area contributed by atoms with Crippen LogP contribution in [-0.4, -0.2) is 30.1 Å². The molecule has 0 bridgehead atoms. The summed E-state index contributed by atoms with van der Waals surface area (Å²) in [5, 5.41) is 16.3. The molecular formula is C13H17F2N3O. The number of aliphatic hydroxyl groups excluding tert-OH is 1. The molecule has 0 atom stereocenters. The molecule has 0 aliphatic heterocycles. The minimum Gasteiger partial charge on any atom is -0.395 e. The van der Waals surface area contributed by atoms with Gasteiger partial charge in [-0.1, -0.05) is 0 Å². The van der Waals surface area contributed by atoms with E-state index >= 15 is 0 Å². The molecule has 0 aromatic heterocycles. The summed E-state index contributed by atoms with van der Waals surface area (Å²) in [4.78, 5) is 1.57. The lowest BCUT2D eigenvalue weighted by molar-refractivity contribution is 0.281. The van der Waals surface area contributed by atoms with Gasteiger partial charge in [0.2, 0.25) is 0 Å². The topological polar surface area (TPSA) is 73.3 Å². The first-order valence-corrected chi connectivity index (χ1v) is 6.25. The molecule has 1 aromatic rings. The maximum Gasteiger partial charge on any atom is 0.150 e. The number of amidine groups is 1. The van der Waals surface area contributed by atoms with Gasteiger partial charge in [0.05, 0.1) is 6.61 Å². The number of nitrogen functional groups attached to an aromatic ring is 1. The molecule has 4 N–H and O–H groups in total. The quantitative estimate of drug-likeness (QED) is 0.561. The largest absolute Gasteiger partial charge is 0.395 e. The molecule has 4 nitrogen and oxygen atoms in total. The van der Waals surface area contributed by atoms with Gasteiger partial charge < -0.3 is 15.7 Å². The van der Waals surface area contributed by atoms with Crippen LogP contribution in [0.2, 0.25) is 0 Å². The average molecular weight is 269 g/mol. The number of aliphatic hydroxyl groups is 1. The van der Waals surface area contributed by atoms with Crippen LogP contribution in [0, 0.1) is 17.0 Å². The van der Waals surface area contributed by atoms with Crippen LogP contribution in [0.4, 0.5) is 14.5 Å². The van der Waals surface area contributed by atoms with Crippen LogP contribution >= 0.6 is 0 Å². The molecule has 19 heavy (non-hydrogen) atoms. The second kappa shape index (κ2) is 5.52. The third kappa shape index (κ3) is 2.68. The molecule has 104 valence electrons. The lowest BCUT2D eigenvalue weighted by Crippen LogP contribution is -2.43. The number of nitrogens with one attached hydrogen (secondary N) is 1. The second-order valence-electron chi connectivity index (χ2n) is 4.70. The van der Waals surface area contributed by atoms with Gasteiger partial charge in [-0.3, -0.25) is 5.41 Å². The van der Waals surface area contributed by atoms with E-state index in [4.69, 9.17) is 16.2 Å². The first-order chi connectivity index (χ1) is 9.04. The highest BCUT2D eigenvalue weighted by atomic mass is 19.1. The fraction of sp³-hybridized carbons (Fsp3) is 0.462. The molecule has 0 heterocycles. The predicted molar refractivity (Wildman–Crippen MR) is 69.4 cm³/mol. The molecular weight excluding hydrogens is 252 g/mol. The number of hydrogen-bond acceptors (Lipinski definition) is 3. The minimum absolute atomic E-state index is 0.0244. The molecule has 2 rings (SSSR count).